The molecular formula is C25H19ClFN3O3S. The summed E-state index contributed by atoms with van der Waals surface area (Å²) < 4.78 is 40.1. The van der Waals surface area contributed by atoms with Gasteiger partial charge in [0.15, 0.2) is 0 Å². The number of hydrogen-bond donors (Lipinski definition) is 1. The SMILES string of the molecule is O=C(Nc1ccc(Cl)c(-c2ccc3ccccc3n2)c1)c1ccc(N2CCCS2(=O)=O)cc1F. The molecule has 9 heteroatoms. The van der Waals surface area contributed by atoms with Crippen LogP contribution in [0.5, 0.6) is 0 Å². The molecule has 1 fully saturated rings. The Hall–Kier alpha value is -3.49. The summed E-state index contributed by atoms with van der Waals surface area (Å²) in [7, 11) is -3.44. The zero-order valence-corrected chi connectivity index (χ0v) is 19.4. The number of benzene rings is 3. The van der Waals surface area contributed by atoms with Crippen molar-refractivity contribution in [2.75, 3.05) is 21.9 Å². The normalized spacial score (nSPS) is 14.9. The number of nitrogens with zero attached hydrogens (tertiary/aromatic N) is 2. The number of nitrogens with one attached hydrogen (secondary N) is 1. The van der Waals surface area contributed by atoms with Crippen molar-refractivity contribution in [1.82, 2.24) is 4.98 Å². The molecule has 0 spiro atoms. The van der Waals surface area contributed by atoms with Gasteiger partial charge in [-0.25, -0.2) is 17.8 Å². The van der Waals surface area contributed by atoms with E-state index in [9.17, 15) is 17.6 Å². The number of aromatic nitrogens is 1. The Morgan fingerprint density at radius 1 is 1.03 bits per heavy atom. The fraction of sp³-hybridized carbons (Fsp3) is 0.120. The van der Waals surface area contributed by atoms with Crippen molar-refractivity contribution in [1.29, 1.82) is 0 Å². The minimum absolute atomic E-state index is 0.0296. The van der Waals surface area contributed by atoms with Gasteiger partial charge in [0.2, 0.25) is 10.0 Å². The Kier molecular flexibility index (Phi) is 5.71. The van der Waals surface area contributed by atoms with Gasteiger partial charge in [-0.1, -0.05) is 35.9 Å². The van der Waals surface area contributed by atoms with Gasteiger partial charge in [0.05, 0.1) is 33.2 Å². The number of carbonyl (C=O) groups is 1. The number of para-hydroxylation sites is 1. The fourth-order valence-corrected chi connectivity index (χ4v) is 5.76. The van der Waals surface area contributed by atoms with E-state index < -0.39 is 21.7 Å². The molecule has 3 aromatic carbocycles. The molecule has 0 unspecified atom stereocenters. The number of sulfonamides is 1. The standard InChI is InChI=1S/C25H19ClFN3O3S/c26-21-10-7-17(14-20(21)24-11-6-16-4-1-2-5-23(16)29-24)28-25(31)19-9-8-18(15-22(19)27)30-12-3-13-34(30,32)33/h1-2,4-11,14-15H,3,12-13H2,(H,28,31). The number of carbonyl (C=O) groups excluding carboxylic acids is 1. The molecule has 1 saturated heterocycles. The van der Waals surface area contributed by atoms with E-state index in [1.54, 1.807) is 18.2 Å². The maximum absolute atomic E-state index is 14.8. The fourth-order valence-electron chi connectivity index (χ4n) is 3.99. The van der Waals surface area contributed by atoms with E-state index in [4.69, 9.17) is 11.6 Å². The molecule has 172 valence electrons. The van der Waals surface area contributed by atoms with Crippen molar-refractivity contribution in [2.24, 2.45) is 0 Å². The highest BCUT2D eigenvalue weighted by Crippen LogP contribution is 2.31. The first-order chi connectivity index (χ1) is 16.3. The van der Waals surface area contributed by atoms with Crippen molar-refractivity contribution in [2.45, 2.75) is 6.42 Å². The number of rotatable bonds is 4. The lowest BCUT2D eigenvalue weighted by atomic mass is 10.1. The lowest BCUT2D eigenvalue weighted by molar-refractivity contribution is 0.102. The van der Waals surface area contributed by atoms with Crippen LogP contribution >= 0.6 is 11.6 Å². The van der Waals surface area contributed by atoms with E-state index in [1.807, 2.05) is 36.4 Å². The molecule has 4 aromatic rings. The van der Waals surface area contributed by atoms with Gasteiger partial charge in [0, 0.05) is 23.2 Å². The maximum Gasteiger partial charge on any atom is 0.258 e. The first-order valence-electron chi connectivity index (χ1n) is 10.6. The molecule has 0 radical (unpaired) electrons. The van der Waals surface area contributed by atoms with Crippen LogP contribution in [0.2, 0.25) is 5.02 Å². The minimum Gasteiger partial charge on any atom is -0.322 e. The molecule has 1 aliphatic rings. The summed E-state index contributed by atoms with van der Waals surface area (Å²) in [6.45, 7) is 0.295. The number of pyridine rings is 1. The monoisotopic (exact) mass is 495 g/mol. The molecule has 6 nitrogen and oxygen atoms in total. The molecule has 34 heavy (non-hydrogen) atoms. The lowest BCUT2D eigenvalue weighted by Crippen LogP contribution is -2.25. The molecule has 2 heterocycles. The smallest absolute Gasteiger partial charge is 0.258 e. The number of halogens is 2. The van der Waals surface area contributed by atoms with Crippen LogP contribution in [-0.2, 0) is 10.0 Å². The van der Waals surface area contributed by atoms with Crippen LogP contribution in [0.3, 0.4) is 0 Å². The first-order valence-corrected chi connectivity index (χ1v) is 12.6. The van der Waals surface area contributed by atoms with Crippen LogP contribution in [0.25, 0.3) is 22.2 Å². The average Bonchev–Trinajstić information content (AvgIpc) is 3.18. The quantitative estimate of drug-likeness (QED) is 0.406. The summed E-state index contributed by atoms with van der Waals surface area (Å²) in [5.74, 6) is -1.43. The van der Waals surface area contributed by atoms with Crippen molar-refractivity contribution in [3.8, 4) is 11.3 Å². The highest BCUT2D eigenvalue weighted by atomic mass is 35.5. The number of fused-ring (bicyclic) bond motifs is 1. The van der Waals surface area contributed by atoms with Gasteiger partial charge in [-0.15, -0.1) is 0 Å². The molecule has 1 aromatic heterocycles. The highest BCUT2D eigenvalue weighted by Gasteiger charge is 2.29. The van der Waals surface area contributed by atoms with Gasteiger partial charge in [-0.3, -0.25) is 9.10 Å². The van der Waals surface area contributed by atoms with E-state index >= 15 is 0 Å². The molecule has 0 atom stereocenters. The zero-order valence-electron chi connectivity index (χ0n) is 17.8. The average molecular weight is 496 g/mol. The molecule has 1 amide bonds. The summed E-state index contributed by atoms with van der Waals surface area (Å²) in [6, 6.07) is 20.2. The van der Waals surface area contributed by atoms with E-state index in [1.165, 1.54) is 16.4 Å². The second-order valence-corrected chi connectivity index (χ2v) is 10.4. The predicted molar refractivity (Wildman–Crippen MR) is 132 cm³/mol. The number of amides is 1. The van der Waals surface area contributed by atoms with E-state index in [0.29, 0.717) is 34.9 Å². The summed E-state index contributed by atoms with van der Waals surface area (Å²) in [5, 5.41) is 4.14. The molecule has 0 saturated carbocycles. The van der Waals surface area contributed by atoms with Crippen LogP contribution in [0.1, 0.15) is 16.8 Å². The van der Waals surface area contributed by atoms with E-state index in [-0.39, 0.29) is 17.0 Å². The second-order valence-electron chi connectivity index (χ2n) is 7.94. The number of hydrogen-bond acceptors (Lipinski definition) is 4. The van der Waals surface area contributed by atoms with E-state index in [0.717, 1.165) is 17.0 Å². The van der Waals surface area contributed by atoms with Crippen molar-refractivity contribution in [3.63, 3.8) is 0 Å². The van der Waals surface area contributed by atoms with Gasteiger partial charge in [-0.05, 0) is 55.0 Å². The highest BCUT2D eigenvalue weighted by molar-refractivity contribution is 7.93. The first kappa shape index (κ1) is 22.3. The predicted octanol–water partition coefficient (Wildman–Crippen LogP) is 5.49. The topological polar surface area (TPSA) is 79.4 Å². The Morgan fingerprint density at radius 2 is 1.85 bits per heavy atom. The summed E-state index contributed by atoms with van der Waals surface area (Å²) in [5.41, 5.74) is 2.52. The van der Waals surface area contributed by atoms with Gasteiger partial charge in [-0.2, -0.15) is 0 Å². The third-order valence-electron chi connectivity index (χ3n) is 5.68. The second kappa shape index (κ2) is 8.70. The van der Waals surface area contributed by atoms with Gasteiger partial charge in [0.1, 0.15) is 5.82 Å². The van der Waals surface area contributed by atoms with Crippen LogP contribution < -0.4 is 9.62 Å². The lowest BCUT2D eigenvalue weighted by Gasteiger charge is -2.17. The van der Waals surface area contributed by atoms with Gasteiger partial charge < -0.3 is 5.32 Å². The van der Waals surface area contributed by atoms with Gasteiger partial charge in [0.25, 0.3) is 5.91 Å². The summed E-state index contributed by atoms with van der Waals surface area (Å²) >= 11 is 6.40. The van der Waals surface area contributed by atoms with Crippen LogP contribution in [0.15, 0.2) is 72.8 Å². The molecule has 1 aliphatic heterocycles. The van der Waals surface area contributed by atoms with Crippen LogP contribution in [0, 0.1) is 5.82 Å². The Morgan fingerprint density at radius 3 is 2.62 bits per heavy atom. The van der Waals surface area contributed by atoms with Gasteiger partial charge >= 0.3 is 0 Å². The third kappa shape index (κ3) is 4.22. The molecular weight excluding hydrogens is 477 g/mol. The Balaban J connectivity index is 1.41. The maximum atomic E-state index is 14.8. The zero-order chi connectivity index (χ0) is 23.9. The number of anilines is 2. The molecule has 1 N–H and O–H groups in total. The Labute approximate surface area is 201 Å². The van der Waals surface area contributed by atoms with Crippen LogP contribution in [-0.4, -0.2) is 31.6 Å². The van der Waals surface area contributed by atoms with Crippen molar-refractivity contribution < 1.29 is 17.6 Å². The minimum atomic E-state index is -3.44. The summed E-state index contributed by atoms with van der Waals surface area (Å²) in [6.07, 6.45) is 0.483. The molecule has 0 bridgehead atoms. The summed E-state index contributed by atoms with van der Waals surface area (Å²) in [4.78, 5) is 17.4. The van der Waals surface area contributed by atoms with Crippen LogP contribution in [0.4, 0.5) is 15.8 Å². The third-order valence-corrected chi connectivity index (χ3v) is 7.88. The Bertz CT molecular complexity index is 1540. The molecule has 0 aliphatic carbocycles. The largest absolute Gasteiger partial charge is 0.322 e. The van der Waals surface area contributed by atoms with E-state index in [2.05, 4.69) is 10.3 Å². The molecule has 5 rings (SSSR count). The van der Waals surface area contributed by atoms with Crippen molar-refractivity contribution >= 4 is 49.8 Å². The van der Waals surface area contributed by atoms with Crippen molar-refractivity contribution in [3.05, 3.63) is 89.2 Å².